The molecule has 2 aliphatic heterocycles. The van der Waals surface area contributed by atoms with E-state index in [2.05, 4.69) is 259 Å². The van der Waals surface area contributed by atoms with Crippen LogP contribution < -0.4 is 26.2 Å². The monoisotopic (exact) mass is 800 g/mol. The maximum absolute atomic E-state index is 2.54. The van der Waals surface area contributed by atoms with Gasteiger partial charge in [-0.3, -0.25) is 0 Å². The van der Waals surface area contributed by atoms with Crippen molar-refractivity contribution in [3.63, 3.8) is 0 Å². The highest BCUT2D eigenvalue weighted by Crippen LogP contribution is 2.47. The minimum absolute atomic E-state index is 0.0107. The van der Waals surface area contributed by atoms with E-state index in [1.54, 1.807) is 0 Å². The number of benzene rings is 10. The van der Waals surface area contributed by atoms with Crippen molar-refractivity contribution < 1.29 is 0 Å². The lowest BCUT2D eigenvalue weighted by molar-refractivity contribution is 1.25. The van der Waals surface area contributed by atoms with Crippen LogP contribution in [0.25, 0.3) is 55.6 Å². The highest BCUT2D eigenvalue weighted by atomic mass is 15.2. The average Bonchev–Trinajstić information content (AvgIpc) is 3.37. The van der Waals surface area contributed by atoms with E-state index in [0.29, 0.717) is 0 Å². The van der Waals surface area contributed by atoms with Crippen molar-refractivity contribution in [3.05, 3.63) is 249 Å². The molecule has 294 valence electrons. The topological polar surface area (TPSA) is 6.48 Å². The zero-order chi connectivity index (χ0) is 41.7. The van der Waals surface area contributed by atoms with Crippen LogP contribution in [0.15, 0.2) is 249 Å². The Morgan fingerprint density at radius 1 is 0.222 bits per heavy atom. The Morgan fingerprint density at radius 2 is 0.571 bits per heavy atom. The molecular formula is C60H41BN2. The van der Waals surface area contributed by atoms with Crippen molar-refractivity contribution in [1.29, 1.82) is 0 Å². The third-order valence-electron chi connectivity index (χ3n) is 12.8. The van der Waals surface area contributed by atoms with E-state index >= 15 is 0 Å². The number of rotatable bonds is 7. The average molecular weight is 801 g/mol. The Bertz CT molecular complexity index is 3160. The lowest BCUT2D eigenvalue weighted by Gasteiger charge is -2.44. The molecule has 0 spiro atoms. The fourth-order valence-electron chi connectivity index (χ4n) is 9.92. The first-order valence-corrected chi connectivity index (χ1v) is 21.8. The number of hydrogen-bond donors (Lipinski definition) is 0. The Morgan fingerprint density at radius 3 is 1.02 bits per heavy atom. The molecule has 0 radical (unpaired) electrons. The second-order valence-electron chi connectivity index (χ2n) is 16.5. The van der Waals surface area contributed by atoms with Crippen LogP contribution in [0.2, 0.25) is 0 Å². The van der Waals surface area contributed by atoms with E-state index in [0.717, 1.165) is 11.4 Å². The molecule has 12 rings (SSSR count). The van der Waals surface area contributed by atoms with E-state index in [9.17, 15) is 0 Å². The molecule has 3 heteroatoms. The van der Waals surface area contributed by atoms with Gasteiger partial charge in [-0.05, 0) is 133 Å². The van der Waals surface area contributed by atoms with Crippen LogP contribution in [0.4, 0.5) is 34.1 Å². The molecule has 0 aromatic heterocycles. The molecule has 2 heterocycles. The number of anilines is 6. The lowest BCUT2D eigenvalue weighted by Crippen LogP contribution is -2.61. The predicted molar refractivity (Wildman–Crippen MR) is 268 cm³/mol. The maximum Gasteiger partial charge on any atom is 0.252 e. The summed E-state index contributed by atoms with van der Waals surface area (Å²) >= 11 is 0. The summed E-state index contributed by atoms with van der Waals surface area (Å²) in [6, 6.07) is 91.2. The van der Waals surface area contributed by atoms with Gasteiger partial charge in [0.25, 0.3) is 6.71 Å². The lowest BCUT2D eigenvalue weighted by atomic mass is 9.33. The van der Waals surface area contributed by atoms with Gasteiger partial charge in [0.05, 0.1) is 0 Å². The fraction of sp³-hybridized carbons (Fsp3) is 0. The summed E-state index contributed by atoms with van der Waals surface area (Å²) in [5.41, 5.74) is 22.8. The second-order valence-corrected chi connectivity index (χ2v) is 16.5. The second kappa shape index (κ2) is 15.4. The first-order chi connectivity index (χ1) is 31.2. The molecule has 10 aromatic carbocycles. The summed E-state index contributed by atoms with van der Waals surface area (Å²) in [7, 11) is 0. The molecule has 63 heavy (non-hydrogen) atoms. The summed E-state index contributed by atoms with van der Waals surface area (Å²) < 4.78 is 0. The maximum atomic E-state index is 2.54. The molecule has 2 nitrogen and oxygen atoms in total. The molecule has 2 aliphatic rings. The number of nitrogens with zero attached hydrogens (tertiary/aromatic N) is 2. The van der Waals surface area contributed by atoms with Crippen LogP contribution in [-0.2, 0) is 0 Å². The van der Waals surface area contributed by atoms with Gasteiger partial charge >= 0.3 is 0 Å². The summed E-state index contributed by atoms with van der Waals surface area (Å²) in [4.78, 5) is 5.05. The Kier molecular flexibility index (Phi) is 8.97. The van der Waals surface area contributed by atoms with E-state index in [1.165, 1.54) is 94.8 Å². The van der Waals surface area contributed by atoms with Gasteiger partial charge in [-0.2, -0.15) is 0 Å². The van der Waals surface area contributed by atoms with Crippen molar-refractivity contribution in [2.24, 2.45) is 0 Å². The molecule has 0 amide bonds. The molecule has 0 bridgehead atoms. The first-order valence-electron chi connectivity index (χ1n) is 21.8. The Hall–Kier alpha value is -8.14. The van der Waals surface area contributed by atoms with Gasteiger partial charge in [0.2, 0.25) is 0 Å². The van der Waals surface area contributed by atoms with Crippen LogP contribution in [-0.4, -0.2) is 6.71 Å². The van der Waals surface area contributed by atoms with Gasteiger partial charge in [-0.15, -0.1) is 0 Å². The van der Waals surface area contributed by atoms with E-state index in [1.807, 2.05) is 0 Å². The molecular weight excluding hydrogens is 759 g/mol. The molecule has 0 saturated carbocycles. The summed E-state index contributed by atoms with van der Waals surface area (Å²) in [5, 5.41) is 0. The van der Waals surface area contributed by atoms with Gasteiger partial charge in [-0.25, -0.2) is 0 Å². The van der Waals surface area contributed by atoms with E-state index < -0.39 is 0 Å². The van der Waals surface area contributed by atoms with Crippen molar-refractivity contribution in [1.82, 2.24) is 0 Å². The summed E-state index contributed by atoms with van der Waals surface area (Å²) in [6.07, 6.45) is 0. The van der Waals surface area contributed by atoms with Gasteiger partial charge in [0.1, 0.15) is 0 Å². The Labute approximate surface area is 369 Å². The van der Waals surface area contributed by atoms with Crippen molar-refractivity contribution >= 4 is 57.2 Å². The molecule has 10 aromatic rings. The quantitative estimate of drug-likeness (QED) is 0.148. The normalized spacial score (nSPS) is 12.3. The van der Waals surface area contributed by atoms with Crippen molar-refractivity contribution in [3.8, 4) is 55.6 Å². The van der Waals surface area contributed by atoms with Crippen LogP contribution in [0.1, 0.15) is 0 Å². The third kappa shape index (κ3) is 6.45. The highest BCUT2D eigenvalue weighted by Gasteiger charge is 2.43. The van der Waals surface area contributed by atoms with E-state index in [4.69, 9.17) is 0 Å². The summed E-state index contributed by atoms with van der Waals surface area (Å²) in [5.74, 6) is 0. The van der Waals surface area contributed by atoms with Gasteiger partial charge in [0, 0.05) is 34.1 Å². The molecule has 0 atom stereocenters. The fourth-order valence-corrected chi connectivity index (χ4v) is 9.92. The van der Waals surface area contributed by atoms with E-state index in [-0.39, 0.29) is 6.71 Å². The standard InChI is InChI=1S/C60H41BN2/c1-6-19-42(20-7-1)47-33-34-55-59(41-47)63(53-39-50(45-25-12-4-13-26-45)36-51(40-53)46-27-14-5-15-28-46)58-32-18-31-57-60(58)61(55)54-29-16-17-30-56(54)62(57)52-37-48(43-21-8-2-9-22-43)35-49(38-52)44-23-10-3-11-24-44/h1-41H. The van der Waals surface area contributed by atoms with Crippen LogP contribution in [0, 0.1) is 0 Å². The number of hydrogen-bond acceptors (Lipinski definition) is 2. The zero-order valence-corrected chi connectivity index (χ0v) is 34.6. The third-order valence-corrected chi connectivity index (χ3v) is 12.8. The minimum Gasteiger partial charge on any atom is -0.311 e. The molecule has 0 fully saturated rings. The van der Waals surface area contributed by atoms with Crippen LogP contribution in [0.3, 0.4) is 0 Å². The van der Waals surface area contributed by atoms with Crippen LogP contribution >= 0.6 is 0 Å². The molecule has 0 N–H and O–H groups in total. The predicted octanol–water partition coefficient (Wildman–Crippen LogP) is 14.1. The highest BCUT2D eigenvalue weighted by molar-refractivity contribution is 7.00. The van der Waals surface area contributed by atoms with Crippen molar-refractivity contribution in [2.75, 3.05) is 9.80 Å². The molecule has 0 saturated heterocycles. The van der Waals surface area contributed by atoms with Crippen LogP contribution in [0.5, 0.6) is 0 Å². The smallest absolute Gasteiger partial charge is 0.252 e. The molecule has 0 aliphatic carbocycles. The molecule has 0 unspecified atom stereocenters. The Balaban J connectivity index is 1.13. The van der Waals surface area contributed by atoms with Gasteiger partial charge < -0.3 is 9.80 Å². The number of para-hydroxylation sites is 1. The minimum atomic E-state index is 0.0107. The number of fused-ring (bicyclic) bond motifs is 4. The SMILES string of the molecule is c1ccc(-c2cc(-c3ccccc3)cc(N3c4ccccc4B4c5ccc(-c6ccccc6)cc5N(c5cc(-c6ccccc6)cc(-c6ccccc6)c5)c5cccc3c54)c2)cc1. The largest absolute Gasteiger partial charge is 0.311 e. The summed E-state index contributed by atoms with van der Waals surface area (Å²) in [6.45, 7) is 0.0107. The van der Waals surface area contributed by atoms with Gasteiger partial charge in [0.15, 0.2) is 0 Å². The van der Waals surface area contributed by atoms with Crippen molar-refractivity contribution in [2.45, 2.75) is 0 Å². The zero-order valence-electron chi connectivity index (χ0n) is 34.6. The van der Waals surface area contributed by atoms with Gasteiger partial charge in [-0.1, -0.05) is 188 Å². The first kappa shape index (κ1) is 36.7.